The van der Waals surface area contributed by atoms with Gasteiger partial charge in [0.1, 0.15) is 11.4 Å². The van der Waals surface area contributed by atoms with Crippen molar-refractivity contribution in [3.63, 3.8) is 0 Å². The number of rotatable bonds is 0. The highest BCUT2D eigenvalue weighted by Gasteiger charge is 2.58. The lowest BCUT2D eigenvalue weighted by Gasteiger charge is -2.34. The molecule has 0 unspecified atom stereocenters. The molecule has 0 aromatic heterocycles. The fraction of sp³-hybridized carbons (Fsp3) is 0.889. The Hall–Kier alpha value is -0.460. The van der Waals surface area contributed by atoms with Gasteiger partial charge in [-0.1, -0.05) is 34.6 Å². The predicted molar refractivity (Wildman–Crippen MR) is 79.7 cm³/mol. The van der Waals surface area contributed by atoms with Gasteiger partial charge in [0, 0.05) is 5.92 Å². The summed E-state index contributed by atoms with van der Waals surface area (Å²) in [6.07, 6.45) is 3.91. The van der Waals surface area contributed by atoms with E-state index in [2.05, 4.69) is 48.5 Å². The second kappa shape index (κ2) is 3.59. The third-order valence-corrected chi connectivity index (χ3v) is 6.70. The number of hydrogen-bond acceptors (Lipinski definition) is 1. The highest BCUT2D eigenvalue weighted by molar-refractivity contribution is 5.34. The van der Waals surface area contributed by atoms with Crippen LogP contribution in [0.15, 0.2) is 11.3 Å². The van der Waals surface area contributed by atoms with Gasteiger partial charge in [-0.05, 0) is 61.3 Å². The molecule has 0 aromatic carbocycles. The smallest absolute Gasteiger partial charge is 0.104 e. The van der Waals surface area contributed by atoms with Crippen molar-refractivity contribution in [3.8, 4) is 0 Å². The van der Waals surface area contributed by atoms with Gasteiger partial charge in [-0.15, -0.1) is 0 Å². The first kappa shape index (κ1) is 13.5. The Labute approximate surface area is 118 Å². The molecule has 0 N–H and O–H groups in total. The molecule has 1 nitrogen and oxygen atoms in total. The standard InChI is InChI=1S/C18H30O/c1-11-17(4,5)13-9-8-12-10-16(2,3)19-15(12)14(13)18(11,6)7/h11-13H,8-10H2,1-7H3/t11-,12+,13-/m0/s1. The maximum Gasteiger partial charge on any atom is 0.104 e. The first-order valence-electron chi connectivity index (χ1n) is 8.01. The third-order valence-electron chi connectivity index (χ3n) is 6.70. The van der Waals surface area contributed by atoms with E-state index >= 15 is 0 Å². The Balaban J connectivity index is 2.15. The minimum absolute atomic E-state index is 0.0495. The van der Waals surface area contributed by atoms with Gasteiger partial charge >= 0.3 is 0 Å². The molecule has 0 amide bonds. The van der Waals surface area contributed by atoms with Crippen LogP contribution in [-0.4, -0.2) is 5.60 Å². The van der Waals surface area contributed by atoms with Crippen molar-refractivity contribution in [2.75, 3.05) is 0 Å². The molecular formula is C18H30O. The summed E-state index contributed by atoms with van der Waals surface area (Å²) in [5.74, 6) is 3.54. The third kappa shape index (κ3) is 1.66. The van der Waals surface area contributed by atoms with Crippen LogP contribution in [0.2, 0.25) is 0 Å². The molecule has 3 aliphatic rings. The van der Waals surface area contributed by atoms with E-state index in [9.17, 15) is 0 Å². The van der Waals surface area contributed by atoms with E-state index in [0.717, 1.165) is 11.8 Å². The van der Waals surface area contributed by atoms with Crippen molar-refractivity contribution in [1.82, 2.24) is 0 Å². The van der Waals surface area contributed by atoms with Crippen LogP contribution in [-0.2, 0) is 4.74 Å². The quantitative estimate of drug-likeness (QED) is 0.585. The van der Waals surface area contributed by atoms with Gasteiger partial charge < -0.3 is 4.74 Å². The van der Waals surface area contributed by atoms with E-state index in [1.54, 1.807) is 5.57 Å². The zero-order chi connectivity index (χ0) is 14.2. The van der Waals surface area contributed by atoms with Crippen LogP contribution in [0.1, 0.15) is 67.7 Å². The predicted octanol–water partition coefficient (Wildman–Crippen LogP) is 5.17. The van der Waals surface area contributed by atoms with Gasteiger partial charge in [-0.3, -0.25) is 0 Å². The van der Waals surface area contributed by atoms with Crippen molar-refractivity contribution in [3.05, 3.63) is 11.3 Å². The van der Waals surface area contributed by atoms with Crippen molar-refractivity contribution in [2.24, 2.45) is 28.6 Å². The van der Waals surface area contributed by atoms with Crippen molar-refractivity contribution in [2.45, 2.75) is 73.3 Å². The maximum atomic E-state index is 6.42. The molecule has 0 aromatic rings. The van der Waals surface area contributed by atoms with Gasteiger partial charge in [-0.25, -0.2) is 0 Å². The molecule has 0 bridgehead atoms. The molecule has 3 rings (SSSR count). The van der Waals surface area contributed by atoms with Crippen LogP contribution in [0.5, 0.6) is 0 Å². The second-order valence-corrected chi connectivity index (χ2v) is 8.94. The number of fused-ring (bicyclic) bond motifs is 2. The highest BCUT2D eigenvalue weighted by Crippen LogP contribution is 2.66. The Morgan fingerprint density at radius 3 is 2.26 bits per heavy atom. The molecule has 19 heavy (non-hydrogen) atoms. The summed E-state index contributed by atoms with van der Waals surface area (Å²) in [4.78, 5) is 0. The molecule has 1 heteroatoms. The molecule has 1 saturated heterocycles. The monoisotopic (exact) mass is 262 g/mol. The van der Waals surface area contributed by atoms with E-state index in [4.69, 9.17) is 4.74 Å². The fourth-order valence-electron chi connectivity index (χ4n) is 5.28. The molecule has 0 spiro atoms. The van der Waals surface area contributed by atoms with Crippen LogP contribution in [0, 0.1) is 28.6 Å². The van der Waals surface area contributed by atoms with Crippen molar-refractivity contribution >= 4 is 0 Å². The molecule has 2 fully saturated rings. The average molecular weight is 262 g/mol. The minimum Gasteiger partial charge on any atom is -0.492 e. The molecule has 0 radical (unpaired) electrons. The summed E-state index contributed by atoms with van der Waals surface area (Å²) in [6.45, 7) is 16.8. The van der Waals surface area contributed by atoms with Gasteiger partial charge in [0.05, 0.1) is 0 Å². The zero-order valence-corrected chi connectivity index (χ0v) is 13.8. The van der Waals surface area contributed by atoms with Crippen LogP contribution in [0.4, 0.5) is 0 Å². The van der Waals surface area contributed by atoms with Crippen LogP contribution in [0.3, 0.4) is 0 Å². The Bertz CT molecular complexity index is 439. The highest BCUT2D eigenvalue weighted by atomic mass is 16.5. The molecule has 1 heterocycles. The van der Waals surface area contributed by atoms with E-state index in [0.29, 0.717) is 16.7 Å². The van der Waals surface area contributed by atoms with Gasteiger partial charge in [-0.2, -0.15) is 0 Å². The first-order valence-corrected chi connectivity index (χ1v) is 8.01. The fourth-order valence-corrected chi connectivity index (χ4v) is 5.28. The lowest BCUT2D eigenvalue weighted by Crippen LogP contribution is -2.27. The second-order valence-electron chi connectivity index (χ2n) is 8.94. The first-order chi connectivity index (χ1) is 8.57. The van der Waals surface area contributed by atoms with Crippen molar-refractivity contribution < 1.29 is 4.74 Å². The Kier molecular flexibility index (Phi) is 2.56. The number of hydrogen-bond donors (Lipinski definition) is 0. The average Bonchev–Trinajstić information content (AvgIpc) is 2.65. The SMILES string of the molecule is C[C@@H]1C(C)(C)C2=C3OC(C)(C)C[C@H]3CC[C@@H]2C1(C)C. The van der Waals surface area contributed by atoms with E-state index in [1.165, 1.54) is 25.0 Å². The van der Waals surface area contributed by atoms with Crippen LogP contribution >= 0.6 is 0 Å². The number of ether oxygens (including phenoxy) is 1. The summed E-state index contributed by atoms with van der Waals surface area (Å²) < 4.78 is 6.42. The van der Waals surface area contributed by atoms with Gasteiger partial charge in [0.15, 0.2) is 0 Å². The molecule has 1 aliphatic heterocycles. The molecule has 108 valence electrons. The topological polar surface area (TPSA) is 9.23 Å². The van der Waals surface area contributed by atoms with Gasteiger partial charge in [0.25, 0.3) is 0 Å². The number of allylic oxidation sites excluding steroid dienone is 2. The lowest BCUT2D eigenvalue weighted by molar-refractivity contribution is 0.0706. The zero-order valence-electron chi connectivity index (χ0n) is 13.8. The molecule has 3 atom stereocenters. The largest absolute Gasteiger partial charge is 0.492 e. The van der Waals surface area contributed by atoms with Crippen molar-refractivity contribution in [1.29, 1.82) is 0 Å². The van der Waals surface area contributed by atoms with E-state index in [1.807, 2.05) is 0 Å². The van der Waals surface area contributed by atoms with Crippen LogP contribution in [0.25, 0.3) is 0 Å². The van der Waals surface area contributed by atoms with E-state index in [-0.39, 0.29) is 5.60 Å². The maximum absolute atomic E-state index is 6.42. The minimum atomic E-state index is 0.0495. The van der Waals surface area contributed by atoms with Crippen LogP contribution < -0.4 is 0 Å². The lowest BCUT2D eigenvalue weighted by atomic mass is 9.70. The summed E-state index contributed by atoms with van der Waals surface area (Å²) in [6, 6.07) is 0. The summed E-state index contributed by atoms with van der Waals surface area (Å²) in [7, 11) is 0. The Morgan fingerprint density at radius 2 is 1.63 bits per heavy atom. The summed E-state index contributed by atoms with van der Waals surface area (Å²) in [5, 5.41) is 0. The van der Waals surface area contributed by atoms with E-state index < -0.39 is 0 Å². The molecule has 2 aliphatic carbocycles. The molecular weight excluding hydrogens is 232 g/mol. The normalized spacial score (nSPS) is 41.7. The summed E-state index contributed by atoms with van der Waals surface area (Å²) >= 11 is 0. The van der Waals surface area contributed by atoms with Gasteiger partial charge in [0.2, 0.25) is 0 Å². The molecule has 1 saturated carbocycles. The summed E-state index contributed by atoms with van der Waals surface area (Å²) in [5.41, 5.74) is 2.43. The Morgan fingerprint density at radius 1 is 1.00 bits per heavy atom.